The lowest BCUT2D eigenvalue weighted by Gasteiger charge is -2.20. The fourth-order valence-corrected chi connectivity index (χ4v) is 2.98. The Morgan fingerprint density at radius 2 is 1.76 bits per heavy atom. The summed E-state index contributed by atoms with van der Waals surface area (Å²) in [7, 11) is 1.61. The van der Waals surface area contributed by atoms with Gasteiger partial charge in [-0.3, -0.25) is 14.9 Å². The minimum Gasteiger partial charge on any atom is -0.497 e. The number of methoxy groups -OCH3 is 1. The minimum atomic E-state index is -0.560. The van der Waals surface area contributed by atoms with Gasteiger partial charge in [0.1, 0.15) is 5.75 Å². The van der Waals surface area contributed by atoms with Crippen LogP contribution in [0, 0.1) is 10.1 Å². The summed E-state index contributed by atoms with van der Waals surface area (Å²) in [4.78, 5) is 23.1. The number of hydrogen-bond acceptors (Lipinski definition) is 4. The van der Waals surface area contributed by atoms with E-state index in [2.05, 4.69) is 5.32 Å². The third-order valence-corrected chi connectivity index (χ3v) is 4.78. The Morgan fingerprint density at radius 3 is 2.24 bits per heavy atom. The van der Waals surface area contributed by atoms with Crippen molar-refractivity contribution in [3.63, 3.8) is 0 Å². The van der Waals surface area contributed by atoms with Crippen LogP contribution in [-0.4, -0.2) is 17.9 Å². The molecule has 6 nitrogen and oxygen atoms in total. The lowest BCUT2D eigenvalue weighted by atomic mass is 9.94. The predicted molar refractivity (Wildman–Crippen MR) is 93.6 cm³/mol. The van der Waals surface area contributed by atoms with E-state index in [1.54, 1.807) is 19.2 Å². The lowest BCUT2D eigenvalue weighted by Crippen LogP contribution is -2.36. The Bertz CT molecular complexity index is 780. The number of carbonyl (C=O) groups excluding carboxylic acids is 1. The van der Waals surface area contributed by atoms with Crippen LogP contribution in [0.2, 0.25) is 0 Å². The largest absolute Gasteiger partial charge is 0.497 e. The van der Waals surface area contributed by atoms with E-state index in [1.807, 2.05) is 31.2 Å². The molecule has 6 heteroatoms. The van der Waals surface area contributed by atoms with Gasteiger partial charge in [-0.15, -0.1) is 0 Å². The second-order valence-electron chi connectivity index (χ2n) is 6.35. The molecule has 0 spiro atoms. The first-order valence-corrected chi connectivity index (χ1v) is 8.16. The molecule has 1 atom stereocenters. The predicted octanol–water partition coefficient (Wildman–Crippen LogP) is 3.51. The molecule has 25 heavy (non-hydrogen) atoms. The standard InChI is InChI=1S/C19H20N2O4/c1-13(14-3-9-17(25-2)10-4-14)20-18(22)19(11-12-19)15-5-7-16(8-6-15)21(23)24/h3-10,13H,11-12H2,1-2H3,(H,20,22). The maximum absolute atomic E-state index is 12.8. The van der Waals surface area contributed by atoms with E-state index >= 15 is 0 Å². The Kier molecular flexibility index (Phi) is 4.44. The first kappa shape index (κ1) is 17.0. The number of nitrogens with zero attached hydrogens (tertiary/aromatic N) is 1. The first-order valence-electron chi connectivity index (χ1n) is 8.16. The molecule has 1 saturated carbocycles. The van der Waals surface area contributed by atoms with Crippen LogP contribution >= 0.6 is 0 Å². The second-order valence-corrected chi connectivity index (χ2v) is 6.35. The van der Waals surface area contributed by atoms with E-state index < -0.39 is 10.3 Å². The van der Waals surface area contributed by atoms with Crippen molar-refractivity contribution >= 4 is 11.6 Å². The highest BCUT2D eigenvalue weighted by atomic mass is 16.6. The van der Waals surface area contributed by atoms with Gasteiger partial charge in [0.2, 0.25) is 5.91 Å². The van der Waals surface area contributed by atoms with Crippen LogP contribution in [0.25, 0.3) is 0 Å². The first-order chi connectivity index (χ1) is 12.0. The number of nitro groups is 1. The molecule has 1 unspecified atom stereocenters. The normalized spacial score (nSPS) is 15.9. The number of hydrogen-bond donors (Lipinski definition) is 1. The van der Waals surface area contributed by atoms with E-state index in [4.69, 9.17) is 4.74 Å². The number of rotatable bonds is 6. The van der Waals surface area contributed by atoms with Crippen molar-refractivity contribution in [1.82, 2.24) is 5.32 Å². The molecule has 1 aliphatic rings. The summed E-state index contributed by atoms with van der Waals surface area (Å²) in [5.41, 5.74) is 1.30. The lowest BCUT2D eigenvalue weighted by molar-refractivity contribution is -0.384. The number of non-ortho nitro benzene ring substituents is 1. The van der Waals surface area contributed by atoms with E-state index in [0.29, 0.717) is 0 Å². The van der Waals surface area contributed by atoms with Crippen molar-refractivity contribution in [3.8, 4) is 5.75 Å². The highest BCUT2D eigenvalue weighted by molar-refractivity contribution is 5.91. The van der Waals surface area contributed by atoms with Crippen LogP contribution in [0.15, 0.2) is 48.5 Å². The quantitative estimate of drug-likeness (QED) is 0.644. The Hall–Kier alpha value is -2.89. The van der Waals surface area contributed by atoms with Gasteiger partial charge in [0.25, 0.3) is 5.69 Å². The average molecular weight is 340 g/mol. The maximum Gasteiger partial charge on any atom is 0.269 e. The zero-order valence-electron chi connectivity index (χ0n) is 14.2. The summed E-state index contributed by atoms with van der Waals surface area (Å²) in [6.45, 7) is 1.94. The molecule has 1 amide bonds. The number of nitrogens with one attached hydrogen (secondary N) is 1. The third kappa shape index (κ3) is 3.33. The van der Waals surface area contributed by atoms with E-state index in [0.717, 1.165) is 29.7 Å². The van der Waals surface area contributed by atoms with Crippen LogP contribution in [0.3, 0.4) is 0 Å². The van der Waals surface area contributed by atoms with Gasteiger partial charge >= 0.3 is 0 Å². The Balaban J connectivity index is 1.72. The molecular formula is C19H20N2O4. The van der Waals surface area contributed by atoms with Crippen LogP contribution in [0.5, 0.6) is 5.75 Å². The molecule has 3 rings (SSSR count). The fraction of sp³-hybridized carbons (Fsp3) is 0.316. The molecule has 0 heterocycles. The molecule has 0 aliphatic heterocycles. The molecular weight excluding hydrogens is 320 g/mol. The highest BCUT2D eigenvalue weighted by Gasteiger charge is 2.51. The Morgan fingerprint density at radius 1 is 1.16 bits per heavy atom. The van der Waals surface area contributed by atoms with Gasteiger partial charge in [-0.2, -0.15) is 0 Å². The molecule has 2 aromatic carbocycles. The highest BCUT2D eigenvalue weighted by Crippen LogP contribution is 2.49. The zero-order valence-corrected chi connectivity index (χ0v) is 14.2. The van der Waals surface area contributed by atoms with Gasteiger partial charge < -0.3 is 10.1 Å². The SMILES string of the molecule is COc1ccc(C(C)NC(=O)C2(c3ccc([N+](=O)[O-])cc3)CC2)cc1. The summed E-state index contributed by atoms with van der Waals surface area (Å²) in [6, 6.07) is 13.7. The maximum atomic E-state index is 12.8. The molecule has 0 bridgehead atoms. The monoisotopic (exact) mass is 340 g/mol. The Labute approximate surface area is 146 Å². The fourth-order valence-electron chi connectivity index (χ4n) is 2.98. The number of ether oxygens (including phenoxy) is 1. The van der Waals surface area contributed by atoms with Crippen molar-refractivity contribution < 1.29 is 14.5 Å². The third-order valence-electron chi connectivity index (χ3n) is 4.78. The van der Waals surface area contributed by atoms with E-state index in [-0.39, 0.29) is 17.6 Å². The summed E-state index contributed by atoms with van der Waals surface area (Å²) in [6.07, 6.45) is 1.51. The van der Waals surface area contributed by atoms with Crippen LogP contribution in [0.1, 0.15) is 36.9 Å². The number of benzene rings is 2. The van der Waals surface area contributed by atoms with E-state index in [9.17, 15) is 14.9 Å². The van der Waals surface area contributed by atoms with Gasteiger partial charge in [0.05, 0.1) is 23.5 Å². The number of carbonyl (C=O) groups is 1. The molecule has 1 fully saturated rings. The van der Waals surface area contributed by atoms with Gasteiger partial charge in [0.15, 0.2) is 0 Å². The summed E-state index contributed by atoms with van der Waals surface area (Å²) >= 11 is 0. The summed E-state index contributed by atoms with van der Waals surface area (Å²) < 4.78 is 5.14. The molecule has 0 radical (unpaired) electrons. The average Bonchev–Trinajstić information content (AvgIpc) is 3.44. The van der Waals surface area contributed by atoms with Gasteiger partial charge in [-0.25, -0.2) is 0 Å². The van der Waals surface area contributed by atoms with Crippen molar-refractivity contribution in [2.45, 2.75) is 31.2 Å². The molecule has 0 saturated heterocycles. The van der Waals surface area contributed by atoms with Gasteiger partial charge in [0, 0.05) is 12.1 Å². The van der Waals surface area contributed by atoms with Crippen LogP contribution in [0.4, 0.5) is 5.69 Å². The summed E-state index contributed by atoms with van der Waals surface area (Å²) in [5, 5.41) is 13.8. The van der Waals surface area contributed by atoms with Crippen molar-refractivity contribution in [2.24, 2.45) is 0 Å². The zero-order chi connectivity index (χ0) is 18.0. The molecule has 1 N–H and O–H groups in total. The molecule has 1 aliphatic carbocycles. The van der Waals surface area contributed by atoms with Crippen molar-refractivity contribution in [1.29, 1.82) is 0 Å². The molecule has 130 valence electrons. The number of amides is 1. The smallest absolute Gasteiger partial charge is 0.269 e. The topological polar surface area (TPSA) is 81.5 Å². The van der Waals surface area contributed by atoms with Crippen molar-refractivity contribution in [2.75, 3.05) is 7.11 Å². The van der Waals surface area contributed by atoms with Crippen LogP contribution in [-0.2, 0) is 10.2 Å². The minimum absolute atomic E-state index is 0.0339. The summed E-state index contributed by atoms with van der Waals surface area (Å²) in [5.74, 6) is 0.733. The number of nitro benzene ring substituents is 1. The van der Waals surface area contributed by atoms with Gasteiger partial charge in [-0.05, 0) is 43.0 Å². The molecule has 2 aromatic rings. The molecule has 0 aromatic heterocycles. The van der Waals surface area contributed by atoms with Crippen LogP contribution < -0.4 is 10.1 Å². The second kappa shape index (κ2) is 6.55. The van der Waals surface area contributed by atoms with Gasteiger partial charge in [-0.1, -0.05) is 24.3 Å². The van der Waals surface area contributed by atoms with E-state index in [1.165, 1.54) is 12.1 Å². The van der Waals surface area contributed by atoms with Crippen molar-refractivity contribution in [3.05, 3.63) is 69.8 Å².